The Balaban J connectivity index is 3.13. The van der Waals surface area contributed by atoms with Gasteiger partial charge in [0.15, 0.2) is 0 Å². The first-order valence-corrected chi connectivity index (χ1v) is 5.04. The smallest absolute Gasteiger partial charge is 0.333 e. The number of rotatable bonds is 3. The van der Waals surface area contributed by atoms with E-state index in [0.29, 0.717) is 5.57 Å². The minimum absolute atomic E-state index is 0.254. The highest BCUT2D eigenvalue weighted by molar-refractivity contribution is 5.96. The van der Waals surface area contributed by atoms with Crippen LogP contribution in [-0.4, -0.2) is 13.1 Å². The molecular weight excluding hydrogens is 188 g/mol. The number of benzene rings is 1. The largest absolute Gasteiger partial charge is 0.466 e. The van der Waals surface area contributed by atoms with Gasteiger partial charge in [-0.1, -0.05) is 37.3 Å². The van der Waals surface area contributed by atoms with Gasteiger partial charge >= 0.3 is 5.97 Å². The molecule has 0 atom stereocenters. The van der Waals surface area contributed by atoms with Gasteiger partial charge < -0.3 is 4.74 Å². The summed E-state index contributed by atoms with van der Waals surface area (Å²) in [6, 6.07) is 9.91. The molecule has 0 bridgehead atoms. The van der Waals surface area contributed by atoms with Gasteiger partial charge in [-0.05, 0) is 24.5 Å². The molecule has 1 rings (SSSR count). The van der Waals surface area contributed by atoms with Crippen molar-refractivity contribution < 1.29 is 9.53 Å². The molecule has 2 heteroatoms. The molecular formula is C13H16O2. The summed E-state index contributed by atoms with van der Waals surface area (Å²) >= 11 is 0. The van der Waals surface area contributed by atoms with Gasteiger partial charge in [0.05, 0.1) is 7.11 Å². The number of hydrogen-bond acceptors (Lipinski definition) is 2. The van der Waals surface area contributed by atoms with Crippen LogP contribution in [0.4, 0.5) is 0 Å². The maximum Gasteiger partial charge on any atom is 0.333 e. The fourth-order valence-corrected chi connectivity index (χ4v) is 1.60. The Morgan fingerprint density at radius 3 is 2.33 bits per heavy atom. The normalized spacial score (nSPS) is 11.9. The Morgan fingerprint density at radius 1 is 1.27 bits per heavy atom. The zero-order chi connectivity index (χ0) is 11.3. The number of methoxy groups -OCH3 is 1. The molecule has 0 unspecified atom stereocenters. The number of allylic oxidation sites excluding steroid dienone is 1. The fraction of sp³-hybridized carbons (Fsp3) is 0.308. The second-order valence-corrected chi connectivity index (χ2v) is 3.31. The van der Waals surface area contributed by atoms with E-state index in [1.54, 1.807) is 6.92 Å². The lowest BCUT2D eigenvalue weighted by Gasteiger charge is -2.08. The summed E-state index contributed by atoms with van der Waals surface area (Å²) < 4.78 is 4.72. The van der Waals surface area contributed by atoms with Crippen LogP contribution in [0.3, 0.4) is 0 Å². The summed E-state index contributed by atoms with van der Waals surface area (Å²) in [5, 5.41) is 0. The van der Waals surface area contributed by atoms with Crippen LogP contribution in [0.2, 0.25) is 0 Å². The summed E-state index contributed by atoms with van der Waals surface area (Å²) in [5.41, 5.74) is 2.82. The zero-order valence-electron chi connectivity index (χ0n) is 9.41. The second-order valence-electron chi connectivity index (χ2n) is 3.31. The summed E-state index contributed by atoms with van der Waals surface area (Å²) in [6.07, 6.45) is 0.824. The van der Waals surface area contributed by atoms with Crippen LogP contribution < -0.4 is 0 Å². The monoisotopic (exact) mass is 204 g/mol. The predicted octanol–water partition coefficient (Wildman–Crippen LogP) is 3.04. The molecule has 0 heterocycles. The Kier molecular flexibility index (Phi) is 4.10. The summed E-state index contributed by atoms with van der Waals surface area (Å²) in [4.78, 5) is 11.4. The average molecular weight is 204 g/mol. The van der Waals surface area contributed by atoms with Crippen molar-refractivity contribution in [1.29, 1.82) is 0 Å². The van der Waals surface area contributed by atoms with Crippen molar-refractivity contribution in [1.82, 2.24) is 0 Å². The molecule has 15 heavy (non-hydrogen) atoms. The standard InChI is InChI=1S/C13H16O2/c1-4-12(10(2)13(14)15-3)11-8-6-5-7-9-11/h5-9H,4H2,1-3H3. The van der Waals surface area contributed by atoms with Crippen LogP contribution >= 0.6 is 0 Å². The van der Waals surface area contributed by atoms with Crippen molar-refractivity contribution >= 4 is 11.5 Å². The molecule has 0 fully saturated rings. The van der Waals surface area contributed by atoms with Gasteiger partial charge in [0, 0.05) is 5.57 Å². The van der Waals surface area contributed by atoms with Gasteiger partial charge in [-0.25, -0.2) is 4.79 Å². The number of carbonyl (C=O) groups excluding carboxylic acids is 1. The second kappa shape index (κ2) is 5.35. The van der Waals surface area contributed by atoms with Crippen LogP contribution in [0.5, 0.6) is 0 Å². The molecule has 0 radical (unpaired) electrons. The fourth-order valence-electron chi connectivity index (χ4n) is 1.60. The quantitative estimate of drug-likeness (QED) is 0.558. The van der Waals surface area contributed by atoms with Crippen molar-refractivity contribution in [2.45, 2.75) is 20.3 Å². The van der Waals surface area contributed by atoms with Gasteiger partial charge in [0.25, 0.3) is 0 Å². The molecule has 0 saturated carbocycles. The van der Waals surface area contributed by atoms with Crippen LogP contribution in [0, 0.1) is 0 Å². The highest BCUT2D eigenvalue weighted by Crippen LogP contribution is 2.22. The summed E-state index contributed by atoms with van der Waals surface area (Å²) in [6.45, 7) is 3.84. The maximum atomic E-state index is 11.4. The molecule has 1 aromatic carbocycles. The lowest BCUT2D eigenvalue weighted by molar-refractivity contribution is -0.135. The molecule has 0 amide bonds. The van der Waals surface area contributed by atoms with E-state index < -0.39 is 0 Å². The van der Waals surface area contributed by atoms with Gasteiger partial charge in [-0.2, -0.15) is 0 Å². The summed E-state index contributed by atoms with van der Waals surface area (Å²) in [7, 11) is 1.41. The lowest BCUT2D eigenvalue weighted by atomic mass is 9.98. The molecule has 0 saturated heterocycles. The van der Waals surface area contributed by atoms with Crippen LogP contribution in [0.1, 0.15) is 25.8 Å². The third-order valence-electron chi connectivity index (χ3n) is 2.42. The molecule has 2 nitrogen and oxygen atoms in total. The number of hydrogen-bond donors (Lipinski definition) is 0. The van der Waals surface area contributed by atoms with E-state index in [2.05, 4.69) is 0 Å². The number of ether oxygens (including phenoxy) is 1. The van der Waals surface area contributed by atoms with Crippen molar-refractivity contribution in [3.8, 4) is 0 Å². The number of carbonyl (C=O) groups is 1. The van der Waals surface area contributed by atoms with Crippen molar-refractivity contribution in [3.63, 3.8) is 0 Å². The van der Waals surface area contributed by atoms with E-state index in [1.165, 1.54) is 7.11 Å². The zero-order valence-corrected chi connectivity index (χ0v) is 9.41. The molecule has 0 N–H and O–H groups in total. The molecule has 0 aliphatic carbocycles. The van der Waals surface area contributed by atoms with Crippen LogP contribution in [0.15, 0.2) is 35.9 Å². The Morgan fingerprint density at radius 2 is 1.87 bits per heavy atom. The first-order chi connectivity index (χ1) is 7.20. The molecule has 0 aliphatic rings. The Hall–Kier alpha value is -1.57. The molecule has 1 aromatic rings. The maximum absolute atomic E-state index is 11.4. The molecule has 0 aromatic heterocycles. The molecule has 0 aliphatic heterocycles. The minimum Gasteiger partial charge on any atom is -0.466 e. The predicted molar refractivity (Wildman–Crippen MR) is 61.3 cm³/mol. The number of esters is 1. The molecule has 0 spiro atoms. The van der Waals surface area contributed by atoms with Crippen molar-refractivity contribution in [2.24, 2.45) is 0 Å². The topological polar surface area (TPSA) is 26.3 Å². The first-order valence-electron chi connectivity index (χ1n) is 5.04. The van der Waals surface area contributed by atoms with Gasteiger partial charge in [0.1, 0.15) is 0 Å². The summed E-state index contributed by atoms with van der Waals surface area (Å²) in [5.74, 6) is -0.254. The lowest BCUT2D eigenvalue weighted by Crippen LogP contribution is -2.04. The van der Waals surface area contributed by atoms with E-state index in [4.69, 9.17) is 4.74 Å². The minimum atomic E-state index is -0.254. The highest BCUT2D eigenvalue weighted by atomic mass is 16.5. The van der Waals surface area contributed by atoms with E-state index >= 15 is 0 Å². The third kappa shape index (κ3) is 2.69. The Labute approximate surface area is 90.6 Å². The Bertz CT molecular complexity index is 363. The van der Waals surface area contributed by atoms with Crippen molar-refractivity contribution in [2.75, 3.05) is 7.11 Å². The van der Waals surface area contributed by atoms with Crippen LogP contribution in [0.25, 0.3) is 5.57 Å². The van der Waals surface area contributed by atoms with Gasteiger partial charge in [-0.15, -0.1) is 0 Å². The van der Waals surface area contributed by atoms with E-state index in [0.717, 1.165) is 17.6 Å². The van der Waals surface area contributed by atoms with Crippen LogP contribution in [-0.2, 0) is 9.53 Å². The van der Waals surface area contributed by atoms with E-state index in [1.807, 2.05) is 37.3 Å². The van der Waals surface area contributed by atoms with Crippen molar-refractivity contribution in [3.05, 3.63) is 41.5 Å². The van der Waals surface area contributed by atoms with Gasteiger partial charge in [0.2, 0.25) is 0 Å². The SMILES string of the molecule is CCC(=C(C)C(=O)OC)c1ccccc1. The molecule has 80 valence electrons. The third-order valence-corrected chi connectivity index (χ3v) is 2.42. The van der Waals surface area contributed by atoms with E-state index in [9.17, 15) is 4.79 Å². The van der Waals surface area contributed by atoms with Gasteiger partial charge in [-0.3, -0.25) is 0 Å². The van der Waals surface area contributed by atoms with E-state index in [-0.39, 0.29) is 5.97 Å². The highest BCUT2D eigenvalue weighted by Gasteiger charge is 2.10. The first kappa shape index (κ1) is 11.5. The average Bonchev–Trinajstić information content (AvgIpc) is 2.30.